The van der Waals surface area contributed by atoms with E-state index in [9.17, 15) is 4.79 Å². The molecule has 0 bridgehead atoms. The fourth-order valence-electron chi connectivity index (χ4n) is 3.87. The maximum atomic E-state index is 13.0. The van der Waals surface area contributed by atoms with Crippen molar-refractivity contribution in [2.45, 2.75) is 6.42 Å². The number of aromatic nitrogens is 2. The molecule has 4 nitrogen and oxygen atoms in total. The molecule has 0 saturated heterocycles. The Kier molecular flexibility index (Phi) is 5.68. The molecule has 0 spiro atoms. The molecule has 5 rings (SSSR count). The van der Waals surface area contributed by atoms with E-state index in [-0.39, 0.29) is 5.91 Å². The first-order valence-corrected chi connectivity index (χ1v) is 11.5. The highest BCUT2D eigenvalue weighted by Crippen LogP contribution is 2.33. The van der Waals surface area contributed by atoms with Crippen LogP contribution in [0.4, 0.5) is 0 Å². The topological polar surface area (TPSA) is 57.8 Å². The van der Waals surface area contributed by atoms with Crippen LogP contribution < -0.4 is 5.32 Å². The largest absolute Gasteiger partial charge is 0.353 e. The molecule has 0 radical (unpaired) electrons. The van der Waals surface area contributed by atoms with Crippen molar-refractivity contribution in [1.82, 2.24) is 15.3 Å². The van der Waals surface area contributed by atoms with E-state index in [4.69, 9.17) is 16.6 Å². The molecule has 2 heterocycles. The monoisotopic (exact) mass is 503 g/mol. The average molecular weight is 505 g/mol. The first-order valence-electron chi connectivity index (χ1n) is 10.3. The number of amides is 1. The normalized spacial score (nSPS) is 11.2. The number of pyridine rings is 1. The summed E-state index contributed by atoms with van der Waals surface area (Å²) in [5.74, 6) is -0.192. The van der Waals surface area contributed by atoms with Crippen molar-refractivity contribution in [1.29, 1.82) is 0 Å². The first-order chi connectivity index (χ1) is 15.6. The number of rotatable bonds is 5. The molecule has 2 aromatic heterocycles. The summed E-state index contributed by atoms with van der Waals surface area (Å²) >= 11 is 9.49. The van der Waals surface area contributed by atoms with Crippen LogP contribution in [0.25, 0.3) is 33.1 Å². The van der Waals surface area contributed by atoms with Crippen LogP contribution in [0.1, 0.15) is 16.1 Å². The fourth-order valence-corrected chi connectivity index (χ4v) is 4.39. The number of halogens is 2. The van der Waals surface area contributed by atoms with Crippen LogP contribution >= 0.6 is 27.5 Å². The molecule has 0 fully saturated rings. The summed E-state index contributed by atoms with van der Waals surface area (Å²) < 4.78 is 0.957. The number of carbonyl (C=O) groups is 1. The Hall–Kier alpha value is -3.15. The number of hydrogen-bond acceptors (Lipinski definition) is 2. The van der Waals surface area contributed by atoms with Crippen LogP contribution in [0.15, 0.2) is 83.3 Å². The van der Waals surface area contributed by atoms with Gasteiger partial charge in [-0.1, -0.05) is 70.0 Å². The molecule has 0 aliphatic carbocycles. The number of carbonyl (C=O) groups excluding carboxylic acids is 1. The summed E-state index contributed by atoms with van der Waals surface area (Å²) in [6.45, 7) is 0.514. The fraction of sp³-hybridized carbons (Fsp3) is 0.0769. The molecule has 0 aliphatic heterocycles. The van der Waals surface area contributed by atoms with Crippen molar-refractivity contribution < 1.29 is 4.79 Å². The predicted molar refractivity (Wildman–Crippen MR) is 134 cm³/mol. The van der Waals surface area contributed by atoms with Crippen LogP contribution in [0, 0.1) is 0 Å². The van der Waals surface area contributed by atoms with Gasteiger partial charge in [-0.2, -0.15) is 0 Å². The van der Waals surface area contributed by atoms with Crippen molar-refractivity contribution in [2.24, 2.45) is 0 Å². The summed E-state index contributed by atoms with van der Waals surface area (Å²) in [6, 6.07) is 25.6. The number of nitrogens with one attached hydrogen (secondary N) is 2. The molecule has 6 heteroatoms. The molecule has 0 unspecified atom stereocenters. The lowest BCUT2D eigenvalue weighted by molar-refractivity contribution is 0.0949. The van der Waals surface area contributed by atoms with E-state index in [1.165, 1.54) is 0 Å². The molecular weight excluding hydrogens is 486 g/mol. The zero-order valence-corrected chi connectivity index (χ0v) is 19.4. The Bertz CT molecular complexity index is 1440. The Morgan fingerprint density at radius 3 is 2.59 bits per heavy atom. The molecule has 32 heavy (non-hydrogen) atoms. The van der Waals surface area contributed by atoms with Gasteiger partial charge in [0.2, 0.25) is 0 Å². The average Bonchev–Trinajstić information content (AvgIpc) is 3.18. The zero-order chi connectivity index (χ0) is 22.1. The van der Waals surface area contributed by atoms with E-state index in [1.54, 1.807) is 0 Å². The minimum absolute atomic E-state index is 0.192. The summed E-state index contributed by atoms with van der Waals surface area (Å²) in [5, 5.41) is 5.75. The van der Waals surface area contributed by atoms with Gasteiger partial charge < -0.3 is 10.3 Å². The third-order valence-electron chi connectivity index (χ3n) is 5.44. The molecule has 0 atom stereocenters. The lowest BCUT2D eigenvalue weighted by Gasteiger charge is -2.09. The van der Waals surface area contributed by atoms with Gasteiger partial charge in [0.25, 0.3) is 5.91 Å². The Balaban J connectivity index is 1.51. The molecule has 3 aromatic carbocycles. The van der Waals surface area contributed by atoms with Gasteiger partial charge in [-0.05, 0) is 48.4 Å². The van der Waals surface area contributed by atoms with Crippen molar-refractivity contribution in [2.75, 3.05) is 6.54 Å². The predicted octanol–water partition coefficient (Wildman–Crippen LogP) is 6.77. The summed E-state index contributed by atoms with van der Waals surface area (Å²) in [4.78, 5) is 21.3. The van der Waals surface area contributed by atoms with Crippen LogP contribution in [-0.2, 0) is 6.42 Å². The molecule has 0 aliphatic rings. The zero-order valence-electron chi connectivity index (χ0n) is 17.0. The summed E-state index contributed by atoms with van der Waals surface area (Å²) in [5.41, 5.74) is 5.13. The Morgan fingerprint density at radius 2 is 1.78 bits per heavy atom. The summed E-state index contributed by atoms with van der Waals surface area (Å²) in [6.07, 6.45) is 0.719. The lowest BCUT2D eigenvalue weighted by atomic mass is 10.1. The van der Waals surface area contributed by atoms with Gasteiger partial charge in [0.05, 0.1) is 11.2 Å². The molecule has 158 valence electrons. The van der Waals surface area contributed by atoms with Crippen molar-refractivity contribution in [3.8, 4) is 11.3 Å². The standard InChI is InChI=1S/C26H19BrClN3O/c27-18-5-3-4-17(14-18)24-25-21(20-6-1-2-7-22(20)30-25)15-23(31-24)26(32)29-13-12-16-8-10-19(28)11-9-16/h1-11,14-15,30H,12-13H2,(H,29,32). The number of hydrogen-bond donors (Lipinski definition) is 2. The van der Waals surface area contributed by atoms with Crippen LogP contribution in [-0.4, -0.2) is 22.4 Å². The highest BCUT2D eigenvalue weighted by Gasteiger charge is 2.17. The van der Waals surface area contributed by atoms with Crippen LogP contribution in [0.3, 0.4) is 0 Å². The van der Waals surface area contributed by atoms with Crippen molar-refractivity contribution in [3.05, 3.63) is 99.6 Å². The van der Waals surface area contributed by atoms with Gasteiger partial charge >= 0.3 is 0 Å². The van der Waals surface area contributed by atoms with Gasteiger partial charge in [-0.3, -0.25) is 4.79 Å². The maximum Gasteiger partial charge on any atom is 0.269 e. The van der Waals surface area contributed by atoms with Gasteiger partial charge in [-0.25, -0.2) is 4.98 Å². The minimum Gasteiger partial charge on any atom is -0.353 e. The molecule has 1 amide bonds. The third-order valence-corrected chi connectivity index (χ3v) is 6.18. The van der Waals surface area contributed by atoms with E-state index in [0.717, 1.165) is 49.5 Å². The van der Waals surface area contributed by atoms with E-state index in [0.29, 0.717) is 17.3 Å². The van der Waals surface area contributed by atoms with Crippen LogP contribution in [0.5, 0.6) is 0 Å². The Morgan fingerprint density at radius 1 is 0.969 bits per heavy atom. The van der Waals surface area contributed by atoms with Gasteiger partial charge in [0.15, 0.2) is 0 Å². The second-order valence-electron chi connectivity index (χ2n) is 7.59. The minimum atomic E-state index is -0.192. The second-order valence-corrected chi connectivity index (χ2v) is 8.94. The van der Waals surface area contributed by atoms with E-state index >= 15 is 0 Å². The van der Waals surface area contributed by atoms with Gasteiger partial charge in [-0.15, -0.1) is 0 Å². The third kappa shape index (κ3) is 4.14. The summed E-state index contributed by atoms with van der Waals surface area (Å²) in [7, 11) is 0. The number of fused-ring (bicyclic) bond motifs is 3. The molecule has 0 saturated carbocycles. The van der Waals surface area contributed by atoms with Crippen molar-refractivity contribution in [3.63, 3.8) is 0 Å². The van der Waals surface area contributed by atoms with Crippen molar-refractivity contribution >= 4 is 55.2 Å². The van der Waals surface area contributed by atoms with Gasteiger partial charge in [0.1, 0.15) is 5.69 Å². The maximum absolute atomic E-state index is 13.0. The number of aromatic amines is 1. The highest BCUT2D eigenvalue weighted by molar-refractivity contribution is 9.10. The number of para-hydroxylation sites is 1. The Labute approximate surface area is 198 Å². The second kappa shape index (κ2) is 8.77. The SMILES string of the molecule is O=C(NCCc1ccc(Cl)cc1)c1cc2c([nH]c3ccccc32)c(-c2cccc(Br)c2)n1. The molecule has 2 N–H and O–H groups in total. The highest BCUT2D eigenvalue weighted by atomic mass is 79.9. The van der Waals surface area contributed by atoms with E-state index in [2.05, 4.69) is 32.3 Å². The first kappa shape index (κ1) is 20.7. The van der Waals surface area contributed by atoms with E-state index in [1.807, 2.05) is 72.8 Å². The quantitative estimate of drug-likeness (QED) is 0.277. The molecule has 5 aromatic rings. The lowest BCUT2D eigenvalue weighted by Crippen LogP contribution is -2.26. The number of nitrogens with zero attached hydrogens (tertiary/aromatic N) is 1. The molecular formula is C26H19BrClN3O. The number of benzene rings is 3. The smallest absolute Gasteiger partial charge is 0.269 e. The van der Waals surface area contributed by atoms with Gasteiger partial charge in [0, 0.05) is 37.9 Å². The van der Waals surface area contributed by atoms with E-state index < -0.39 is 0 Å². The van der Waals surface area contributed by atoms with Crippen LogP contribution in [0.2, 0.25) is 5.02 Å². The number of H-pyrrole nitrogens is 1.